The Kier molecular flexibility index (Phi) is 5.95. The van der Waals surface area contributed by atoms with Crippen molar-refractivity contribution in [1.82, 2.24) is 5.32 Å². The molecule has 5 nitrogen and oxygen atoms in total. The van der Waals surface area contributed by atoms with Gasteiger partial charge in [-0.2, -0.15) is 0 Å². The molecule has 0 bridgehead atoms. The highest BCUT2D eigenvalue weighted by Crippen LogP contribution is 2.00. The van der Waals surface area contributed by atoms with Crippen LogP contribution in [0.2, 0.25) is 0 Å². The Morgan fingerprint density at radius 2 is 2.00 bits per heavy atom. The fourth-order valence-electron chi connectivity index (χ4n) is 1.39. The highest BCUT2D eigenvalue weighted by atomic mass is 32.2. The van der Waals surface area contributed by atoms with Crippen LogP contribution in [-0.4, -0.2) is 38.7 Å². The lowest BCUT2D eigenvalue weighted by molar-refractivity contribution is -0.138. The Morgan fingerprint density at radius 1 is 1.37 bits per heavy atom. The van der Waals surface area contributed by atoms with E-state index >= 15 is 0 Å². The summed E-state index contributed by atoms with van der Waals surface area (Å²) in [4.78, 5) is 22.8. The molecule has 0 saturated carbocycles. The third kappa shape index (κ3) is 5.05. The number of carbonyl (C=O) groups is 2. The van der Waals surface area contributed by atoms with Crippen LogP contribution in [0.1, 0.15) is 10.4 Å². The summed E-state index contributed by atoms with van der Waals surface area (Å²) in [6.07, 6.45) is 1.45. The SMILES string of the molecule is C=CC[S@](=O)C[C@@H](NC(=O)c1ccccc1)C(=O)O. The number of nitrogens with one attached hydrogen (secondary N) is 1. The fourth-order valence-corrected chi connectivity index (χ4v) is 2.39. The second kappa shape index (κ2) is 7.48. The van der Waals surface area contributed by atoms with Gasteiger partial charge in [0.2, 0.25) is 0 Å². The summed E-state index contributed by atoms with van der Waals surface area (Å²) >= 11 is 0. The molecule has 6 heteroatoms. The van der Waals surface area contributed by atoms with Crippen LogP contribution in [0.5, 0.6) is 0 Å². The monoisotopic (exact) mass is 281 g/mol. The van der Waals surface area contributed by atoms with Gasteiger partial charge < -0.3 is 10.4 Å². The van der Waals surface area contributed by atoms with Crippen molar-refractivity contribution in [2.75, 3.05) is 11.5 Å². The molecule has 1 aromatic rings. The summed E-state index contributed by atoms with van der Waals surface area (Å²) < 4.78 is 11.5. The van der Waals surface area contributed by atoms with Gasteiger partial charge in [0, 0.05) is 22.1 Å². The first kappa shape index (κ1) is 15.1. The molecule has 0 spiro atoms. The van der Waals surface area contributed by atoms with Crippen molar-refractivity contribution >= 4 is 22.7 Å². The van der Waals surface area contributed by atoms with Crippen molar-refractivity contribution < 1.29 is 18.9 Å². The van der Waals surface area contributed by atoms with Gasteiger partial charge in [-0.1, -0.05) is 24.3 Å². The minimum Gasteiger partial charge on any atom is -0.480 e. The second-order valence-corrected chi connectivity index (χ2v) is 5.34. The molecule has 0 radical (unpaired) electrons. The summed E-state index contributed by atoms with van der Waals surface area (Å²) in [6, 6.07) is 7.10. The second-order valence-electron chi connectivity index (χ2n) is 3.79. The summed E-state index contributed by atoms with van der Waals surface area (Å²) in [5, 5.41) is 11.4. The Labute approximate surface area is 113 Å². The normalized spacial score (nSPS) is 13.3. The van der Waals surface area contributed by atoms with E-state index in [4.69, 9.17) is 5.11 Å². The van der Waals surface area contributed by atoms with Gasteiger partial charge in [0.1, 0.15) is 6.04 Å². The molecule has 0 saturated heterocycles. The first-order valence-corrected chi connectivity index (χ1v) is 7.08. The molecular weight excluding hydrogens is 266 g/mol. The van der Waals surface area contributed by atoms with E-state index in [1.807, 2.05) is 0 Å². The molecule has 0 aliphatic carbocycles. The van der Waals surface area contributed by atoms with Gasteiger partial charge >= 0.3 is 5.97 Å². The first-order chi connectivity index (χ1) is 9.04. The summed E-state index contributed by atoms with van der Waals surface area (Å²) in [6.45, 7) is 3.43. The highest BCUT2D eigenvalue weighted by Gasteiger charge is 2.22. The van der Waals surface area contributed by atoms with Gasteiger partial charge in [-0.05, 0) is 12.1 Å². The van der Waals surface area contributed by atoms with Crippen molar-refractivity contribution in [2.24, 2.45) is 0 Å². The molecule has 1 rings (SSSR count). The van der Waals surface area contributed by atoms with Crippen LogP contribution in [0.15, 0.2) is 43.0 Å². The molecule has 0 aromatic heterocycles. The van der Waals surface area contributed by atoms with Crippen LogP contribution in [0, 0.1) is 0 Å². The minimum absolute atomic E-state index is 0.139. The largest absolute Gasteiger partial charge is 0.480 e. The lowest BCUT2D eigenvalue weighted by Crippen LogP contribution is -2.44. The van der Waals surface area contributed by atoms with Gasteiger partial charge in [0.15, 0.2) is 0 Å². The lowest BCUT2D eigenvalue weighted by atomic mass is 10.2. The Hall–Kier alpha value is -1.95. The van der Waals surface area contributed by atoms with E-state index in [0.29, 0.717) is 5.56 Å². The molecule has 0 heterocycles. The zero-order chi connectivity index (χ0) is 14.3. The maximum absolute atomic E-state index is 11.8. The minimum atomic E-state index is -1.36. The van der Waals surface area contributed by atoms with Crippen LogP contribution in [0.4, 0.5) is 0 Å². The van der Waals surface area contributed by atoms with Gasteiger partial charge in [-0.3, -0.25) is 9.00 Å². The predicted molar refractivity (Wildman–Crippen MR) is 73.4 cm³/mol. The van der Waals surface area contributed by atoms with Crippen LogP contribution in [0.3, 0.4) is 0 Å². The van der Waals surface area contributed by atoms with E-state index in [0.717, 1.165) is 0 Å². The molecule has 0 aliphatic rings. The van der Waals surface area contributed by atoms with E-state index in [1.165, 1.54) is 6.08 Å². The first-order valence-electron chi connectivity index (χ1n) is 5.59. The molecule has 2 N–H and O–H groups in total. The van der Waals surface area contributed by atoms with Crippen molar-refractivity contribution in [3.8, 4) is 0 Å². The number of hydrogen-bond acceptors (Lipinski definition) is 3. The van der Waals surface area contributed by atoms with Gasteiger partial charge in [0.05, 0.1) is 5.75 Å². The van der Waals surface area contributed by atoms with Crippen LogP contribution in [-0.2, 0) is 15.6 Å². The van der Waals surface area contributed by atoms with Gasteiger partial charge in [-0.15, -0.1) is 6.58 Å². The predicted octanol–water partition coefficient (Wildman–Crippen LogP) is 0.804. The van der Waals surface area contributed by atoms with E-state index in [1.54, 1.807) is 30.3 Å². The maximum Gasteiger partial charge on any atom is 0.327 e. The smallest absolute Gasteiger partial charge is 0.327 e. The molecule has 1 amide bonds. The van der Waals surface area contributed by atoms with Crippen molar-refractivity contribution in [1.29, 1.82) is 0 Å². The molecule has 0 fully saturated rings. The molecule has 1 aromatic carbocycles. The molecule has 0 aliphatic heterocycles. The van der Waals surface area contributed by atoms with Gasteiger partial charge in [-0.25, -0.2) is 4.79 Å². The van der Waals surface area contributed by atoms with Gasteiger partial charge in [0.25, 0.3) is 5.91 Å². The highest BCUT2D eigenvalue weighted by molar-refractivity contribution is 7.85. The summed E-state index contributed by atoms with van der Waals surface area (Å²) in [5.74, 6) is -1.64. The number of rotatable bonds is 7. The summed E-state index contributed by atoms with van der Waals surface area (Å²) in [5.41, 5.74) is 0.364. The molecule has 102 valence electrons. The Morgan fingerprint density at radius 3 is 2.53 bits per heavy atom. The van der Waals surface area contributed by atoms with Crippen molar-refractivity contribution in [2.45, 2.75) is 6.04 Å². The number of carboxylic acids is 1. The Bertz CT molecular complexity index is 487. The quantitative estimate of drug-likeness (QED) is 0.724. The average molecular weight is 281 g/mol. The zero-order valence-corrected chi connectivity index (χ0v) is 11.1. The number of benzene rings is 1. The van der Waals surface area contributed by atoms with E-state index in [2.05, 4.69) is 11.9 Å². The number of amides is 1. The number of carboxylic acid groups (broad SMARTS) is 1. The van der Waals surface area contributed by atoms with Crippen LogP contribution in [0.25, 0.3) is 0 Å². The van der Waals surface area contributed by atoms with Crippen molar-refractivity contribution in [3.63, 3.8) is 0 Å². The van der Waals surface area contributed by atoms with Crippen molar-refractivity contribution in [3.05, 3.63) is 48.6 Å². The molecular formula is C13H15NO4S. The number of hydrogen-bond donors (Lipinski definition) is 2. The zero-order valence-electron chi connectivity index (χ0n) is 10.2. The number of aliphatic carboxylic acids is 1. The molecule has 19 heavy (non-hydrogen) atoms. The average Bonchev–Trinajstić information content (AvgIpc) is 2.39. The lowest BCUT2D eigenvalue weighted by Gasteiger charge is -2.13. The molecule has 0 unspecified atom stereocenters. The summed E-state index contributed by atoms with van der Waals surface area (Å²) in [7, 11) is -1.36. The van der Waals surface area contributed by atoms with E-state index in [9.17, 15) is 13.8 Å². The van der Waals surface area contributed by atoms with Crippen LogP contribution < -0.4 is 5.32 Å². The fraction of sp³-hybridized carbons (Fsp3) is 0.231. The van der Waals surface area contributed by atoms with Crippen LogP contribution >= 0.6 is 0 Å². The molecule has 2 atom stereocenters. The van der Waals surface area contributed by atoms with E-state index in [-0.39, 0.29) is 11.5 Å². The standard InChI is InChI=1S/C13H15NO4S/c1-2-8-19(18)9-11(13(16)17)14-12(15)10-6-4-3-5-7-10/h2-7,11H,1,8-9H2,(H,14,15)(H,16,17)/t11-,19+/m1/s1. The third-order valence-corrected chi connectivity index (χ3v) is 3.61. The van der Waals surface area contributed by atoms with E-state index < -0.39 is 28.7 Å². The maximum atomic E-state index is 11.8. The number of carbonyl (C=O) groups excluding carboxylic acids is 1. The Balaban J connectivity index is 2.69. The topological polar surface area (TPSA) is 83.5 Å². The third-order valence-electron chi connectivity index (χ3n) is 2.30.